The van der Waals surface area contributed by atoms with Crippen LogP contribution in [0.5, 0.6) is 17.2 Å². The molecule has 0 fully saturated rings. The van der Waals surface area contributed by atoms with Gasteiger partial charge in [0.1, 0.15) is 12.4 Å². The second kappa shape index (κ2) is 9.41. The number of nitrogens with one attached hydrogen (secondary N) is 1. The van der Waals surface area contributed by atoms with Crippen LogP contribution >= 0.6 is 39.1 Å². The van der Waals surface area contributed by atoms with Crippen molar-refractivity contribution >= 4 is 44.8 Å². The number of rotatable bonds is 7. The molecule has 3 rings (SSSR count). The van der Waals surface area contributed by atoms with E-state index >= 15 is 0 Å². The van der Waals surface area contributed by atoms with Gasteiger partial charge in [-0.2, -0.15) is 0 Å². The number of phenols is 1. The summed E-state index contributed by atoms with van der Waals surface area (Å²) in [6.07, 6.45) is 0. The van der Waals surface area contributed by atoms with Crippen molar-refractivity contribution in [3.63, 3.8) is 0 Å². The third kappa shape index (κ3) is 5.04. The average Bonchev–Trinajstić information content (AvgIpc) is 2.68. The standard InChI is InChI=1S/C21H18BrCl2NO3/c1-27-20-9-13(11-25-14-5-7-15(26)8-6-14)17(22)10-21(20)28-12-16-18(23)3-2-4-19(16)24/h2-10,25-26H,11-12H2,1H3. The molecule has 0 atom stereocenters. The lowest BCUT2D eigenvalue weighted by Crippen LogP contribution is -2.03. The van der Waals surface area contributed by atoms with Gasteiger partial charge in [0.2, 0.25) is 0 Å². The second-order valence-corrected chi connectivity index (χ2v) is 7.65. The van der Waals surface area contributed by atoms with Crippen molar-refractivity contribution in [3.8, 4) is 17.2 Å². The molecule has 0 aromatic heterocycles. The monoisotopic (exact) mass is 481 g/mol. The predicted molar refractivity (Wildman–Crippen MR) is 117 cm³/mol. The molecule has 0 bridgehead atoms. The van der Waals surface area contributed by atoms with Crippen LogP contribution in [0.3, 0.4) is 0 Å². The third-order valence-corrected chi connectivity index (χ3v) is 5.56. The molecular formula is C21H18BrCl2NO3. The molecule has 7 heteroatoms. The van der Waals surface area contributed by atoms with Gasteiger partial charge in [0.15, 0.2) is 11.5 Å². The Morgan fingerprint density at radius 1 is 1.00 bits per heavy atom. The van der Waals surface area contributed by atoms with E-state index in [1.807, 2.05) is 24.3 Å². The van der Waals surface area contributed by atoms with Crippen molar-refractivity contribution in [2.45, 2.75) is 13.2 Å². The molecule has 28 heavy (non-hydrogen) atoms. The topological polar surface area (TPSA) is 50.7 Å². The number of benzene rings is 3. The van der Waals surface area contributed by atoms with E-state index in [4.69, 9.17) is 32.7 Å². The molecular weight excluding hydrogens is 465 g/mol. The van der Waals surface area contributed by atoms with Crippen molar-refractivity contribution in [2.75, 3.05) is 12.4 Å². The molecule has 0 heterocycles. The van der Waals surface area contributed by atoms with E-state index in [1.54, 1.807) is 37.4 Å². The van der Waals surface area contributed by atoms with Gasteiger partial charge >= 0.3 is 0 Å². The van der Waals surface area contributed by atoms with E-state index in [9.17, 15) is 5.11 Å². The van der Waals surface area contributed by atoms with Crippen LogP contribution in [0.25, 0.3) is 0 Å². The highest BCUT2D eigenvalue weighted by Gasteiger charge is 2.13. The largest absolute Gasteiger partial charge is 0.508 e. The Labute approximate surface area is 182 Å². The maximum absolute atomic E-state index is 9.37. The maximum Gasteiger partial charge on any atom is 0.162 e. The summed E-state index contributed by atoms with van der Waals surface area (Å²) in [6, 6.07) is 16.0. The molecule has 0 spiro atoms. The van der Waals surface area contributed by atoms with Crippen molar-refractivity contribution in [1.82, 2.24) is 0 Å². The van der Waals surface area contributed by atoms with Crippen LogP contribution in [0, 0.1) is 0 Å². The second-order valence-electron chi connectivity index (χ2n) is 5.98. The Bertz CT molecular complexity index is 944. The predicted octanol–water partition coefficient (Wildman–Crippen LogP) is 6.66. The van der Waals surface area contributed by atoms with Crippen LogP contribution in [-0.2, 0) is 13.2 Å². The minimum Gasteiger partial charge on any atom is -0.508 e. The number of halogens is 3. The zero-order chi connectivity index (χ0) is 20.1. The first-order valence-electron chi connectivity index (χ1n) is 8.43. The first kappa shape index (κ1) is 20.6. The highest BCUT2D eigenvalue weighted by Crippen LogP contribution is 2.35. The molecule has 0 radical (unpaired) electrons. The summed E-state index contributed by atoms with van der Waals surface area (Å²) >= 11 is 16.0. The third-order valence-electron chi connectivity index (χ3n) is 4.12. The van der Waals surface area contributed by atoms with Crippen molar-refractivity contribution in [2.24, 2.45) is 0 Å². The van der Waals surface area contributed by atoms with Gasteiger partial charge in [-0.05, 0) is 54.1 Å². The lowest BCUT2D eigenvalue weighted by Gasteiger charge is -2.16. The fraction of sp³-hybridized carbons (Fsp3) is 0.143. The van der Waals surface area contributed by atoms with E-state index in [0.29, 0.717) is 28.1 Å². The number of phenolic OH excluding ortho intramolecular Hbond substituents is 1. The van der Waals surface area contributed by atoms with Crippen LogP contribution < -0.4 is 14.8 Å². The number of aromatic hydroxyl groups is 1. The lowest BCUT2D eigenvalue weighted by molar-refractivity contribution is 0.284. The molecule has 3 aromatic carbocycles. The minimum absolute atomic E-state index is 0.229. The van der Waals surface area contributed by atoms with Gasteiger partial charge in [0.05, 0.1) is 7.11 Å². The number of methoxy groups -OCH3 is 1. The Balaban J connectivity index is 1.74. The lowest BCUT2D eigenvalue weighted by atomic mass is 10.2. The van der Waals surface area contributed by atoms with Crippen molar-refractivity contribution in [3.05, 3.63) is 80.2 Å². The smallest absolute Gasteiger partial charge is 0.162 e. The van der Waals surface area contributed by atoms with Gasteiger partial charge in [0, 0.05) is 32.3 Å². The first-order valence-corrected chi connectivity index (χ1v) is 9.98. The van der Waals surface area contributed by atoms with E-state index in [2.05, 4.69) is 21.2 Å². The molecule has 0 aliphatic heterocycles. The molecule has 0 unspecified atom stereocenters. The molecule has 146 valence electrons. The quantitative estimate of drug-likeness (QED) is 0.369. The fourth-order valence-corrected chi connectivity index (χ4v) is 3.55. The zero-order valence-corrected chi connectivity index (χ0v) is 18.1. The van der Waals surface area contributed by atoms with Gasteiger partial charge in [-0.3, -0.25) is 0 Å². The van der Waals surface area contributed by atoms with Gasteiger partial charge in [0.25, 0.3) is 0 Å². The molecule has 0 aliphatic rings. The van der Waals surface area contributed by atoms with E-state index in [1.165, 1.54) is 0 Å². The number of anilines is 1. The first-order chi connectivity index (χ1) is 13.5. The number of hydrogen-bond acceptors (Lipinski definition) is 4. The van der Waals surface area contributed by atoms with Crippen LogP contribution in [0.2, 0.25) is 10.0 Å². The molecule has 3 aromatic rings. The zero-order valence-electron chi connectivity index (χ0n) is 15.0. The van der Waals surface area contributed by atoms with Gasteiger partial charge in [-0.25, -0.2) is 0 Å². The Morgan fingerprint density at radius 2 is 1.68 bits per heavy atom. The SMILES string of the molecule is COc1cc(CNc2ccc(O)cc2)c(Br)cc1OCc1c(Cl)cccc1Cl. The Kier molecular flexibility index (Phi) is 6.94. The summed E-state index contributed by atoms with van der Waals surface area (Å²) in [5, 5.41) is 13.8. The summed E-state index contributed by atoms with van der Waals surface area (Å²) in [5.74, 6) is 1.42. The van der Waals surface area contributed by atoms with E-state index in [-0.39, 0.29) is 12.4 Å². The Morgan fingerprint density at radius 3 is 2.32 bits per heavy atom. The highest BCUT2D eigenvalue weighted by atomic mass is 79.9. The molecule has 0 amide bonds. The number of hydrogen-bond donors (Lipinski definition) is 2. The van der Waals surface area contributed by atoms with Crippen LogP contribution in [0.1, 0.15) is 11.1 Å². The van der Waals surface area contributed by atoms with Gasteiger partial charge in [-0.15, -0.1) is 0 Å². The van der Waals surface area contributed by atoms with Gasteiger partial charge < -0.3 is 19.9 Å². The van der Waals surface area contributed by atoms with Gasteiger partial charge in [-0.1, -0.05) is 45.2 Å². The summed E-state index contributed by atoms with van der Waals surface area (Å²) in [5.41, 5.74) is 2.62. The van der Waals surface area contributed by atoms with E-state index in [0.717, 1.165) is 21.3 Å². The average molecular weight is 483 g/mol. The van der Waals surface area contributed by atoms with Crippen LogP contribution in [0.4, 0.5) is 5.69 Å². The summed E-state index contributed by atoms with van der Waals surface area (Å²) in [4.78, 5) is 0. The maximum atomic E-state index is 9.37. The molecule has 0 saturated heterocycles. The Hall–Kier alpha value is -2.08. The van der Waals surface area contributed by atoms with Crippen LogP contribution in [0.15, 0.2) is 59.1 Å². The minimum atomic E-state index is 0.229. The fourth-order valence-electron chi connectivity index (χ4n) is 2.58. The molecule has 0 aliphatic carbocycles. The van der Waals surface area contributed by atoms with E-state index < -0.39 is 0 Å². The highest BCUT2D eigenvalue weighted by molar-refractivity contribution is 9.10. The number of ether oxygens (including phenoxy) is 2. The summed E-state index contributed by atoms with van der Waals surface area (Å²) in [6.45, 7) is 0.796. The van der Waals surface area contributed by atoms with Crippen molar-refractivity contribution in [1.29, 1.82) is 0 Å². The van der Waals surface area contributed by atoms with Crippen LogP contribution in [-0.4, -0.2) is 12.2 Å². The molecule has 4 nitrogen and oxygen atoms in total. The normalized spacial score (nSPS) is 10.6. The molecule has 2 N–H and O–H groups in total. The summed E-state index contributed by atoms with van der Waals surface area (Å²) < 4.78 is 12.3. The summed E-state index contributed by atoms with van der Waals surface area (Å²) in [7, 11) is 1.59. The molecule has 0 saturated carbocycles. The van der Waals surface area contributed by atoms with Crippen molar-refractivity contribution < 1.29 is 14.6 Å².